The van der Waals surface area contributed by atoms with Crippen molar-refractivity contribution in [3.63, 3.8) is 0 Å². The first kappa shape index (κ1) is 17.9. The van der Waals surface area contributed by atoms with Gasteiger partial charge in [-0.2, -0.15) is 0 Å². The Morgan fingerprint density at radius 1 is 1.09 bits per heavy atom. The van der Waals surface area contributed by atoms with Gasteiger partial charge in [0.2, 0.25) is 11.8 Å². The Morgan fingerprint density at radius 3 is 2.35 bits per heavy atom. The van der Waals surface area contributed by atoms with Crippen molar-refractivity contribution < 1.29 is 9.59 Å². The second-order valence-electron chi connectivity index (χ2n) is 6.17. The van der Waals surface area contributed by atoms with E-state index in [1.165, 1.54) is 12.0 Å². The van der Waals surface area contributed by atoms with Gasteiger partial charge in [-0.05, 0) is 37.0 Å². The molecule has 5 nitrogen and oxygen atoms in total. The maximum atomic E-state index is 12.2. The SMILES string of the molecule is NCC(=O)NCC(=O)NC1(Cc2ccc(Br)cc2)CCCCC1. The number of carbonyl (C=O) groups is 2. The average Bonchev–Trinajstić information content (AvgIpc) is 2.55. The zero-order valence-electron chi connectivity index (χ0n) is 13.2. The van der Waals surface area contributed by atoms with Crippen LogP contribution >= 0.6 is 15.9 Å². The molecule has 1 aliphatic carbocycles. The van der Waals surface area contributed by atoms with E-state index in [0.29, 0.717) is 0 Å². The van der Waals surface area contributed by atoms with Crippen LogP contribution in [0.1, 0.15) is 37.7 Å². The Kier molecular flexibility index (Phi) is 6.59. The minimum atomic E-state index is -0.314. The predicted molar refractivity (Wildman–Crippen MR) is 93.9 cm³/mol. The van der Waals surface area contributed by atoms with Crippen molar-refractivity contribution in [1.29, 1.82) is 0 Å². The molecule has 2 amide bonds. The summed E-state index contributed by atoms with van der Waals surface area (Å²) in [7, 11) is 0. The Labute approximate surface area is 145 Å². The van der Waals surface area contributed by atoms with E-state index in [1.54, 1.807) is 0 Å². The topological polar surface area (TPSA) is 84.2 Å². The van der Waals surface area contributed by atoms with E-state index < -0.39 is 0 Å². The van der Waals surface area contributed by atoms with Crippen molar-refractivity contribution in [3.05, 3.63) is 34.3 Å². The van der Waals surface area contributed by atoms with Gasteiger partial charge in [0, 0.05) is 10.0 Å². The number of nitrogens with two attached hydrogens (primary N) is 1. The fraction of sp³-hybridized carbons (Fsp3) is 0.529. The van der Waals surface area contributed by atoms with Crippen LogP contribution in [0.3, 0.4) is 0 Å². The predicted octanol–water partition coefficient (Wildman–Crippen LogP) is 1.89. The van der Waals surface area contributed by atoms with Crippen LogP contribution in [0.2, 0.25) is 0 Å². The summed E-state index contributed by atoms with van der Waals surface area (Å²) in [5.74, 6) is -0.462. The first-order valence-corrected chi connectivity index (χ1v) is 8.84. The Hall–Kier alpha value is -1.40. The minimum Gasteiger partial charge on any atom is -0.349 e. The lowest BCUT2D eigenvalue weighted by Crippen LogP contribution is -2.54. The van der Waals surface area contributed by atoms with Crippen LogP contribution in [-0.4, -0.2) is 30.4 Å². The molecule has 1 aromatic carbocycles. The Morgan fingerprint density at radius 2 is 1.74 bits per heavy atom. The molecule has 1 fully saturated rings. The molecule has 2 rings (SSSR count). The minimum absolute atomic E-state index is 0.0158. The largest absolute Gasteiger partial charge is 0.349 e. The number of halogens is 1. The molecule has 1 aromatic rings. The lowest BCUT2D eigenvalue weighted by Gasteiger charge is -2.38. The summed E-state index contributed by atoms with van der Waals surface area (Å²) in [5, 5.41) is 5.70. The number of rotatable bonds is 6. The molecule has 0 atom stereocenters. The fourth-order valence-electron chi connectivity index (χ4n) is 3.16. The number of benzene rings is 1. The van der Waals surface area contributed by atoms with Crippen LogP contribution in [0.5, 0.6) is 0 Å². The quantitative estimate of drug-likeness (QED) is 0.703. The van der Waals surface area contributed by atoms with Crippen molar-refractivity contribution in [2.45, 2.75) is 44.1 Å². The van der Waals surface area contributed by atoms with Gasteiger partial charge >= 0.3 is 0 Å². The Bertz CT molecular complexity index is 539. The molecule has 1 aliphatic rings. The van der Waals surface area contributed by atoms with E-state index in [4.69, 9.17) is 5.73 Å². The van der Waals surface area contributed by atoms with Crippen LogP contribution in [0.4, 0.5) is 0 Å². The van der Waals surface area contributed by atoms with E-state index in [-0.39, 0.29) is 30.4 Å². The van der Waals surface area contributed by atoms with E-state index >= 15 is 0 Å². The summed E-state index contributed by atoms with van der Waals surface area (Å²) < 4.78 is 1.05. The molecule has 4 N–H and O–H groups in total. The van der Waals surface area contributed by atoms with Crippen molar-refractivity contribution >= 4 is 27.7 Å². The summed E-state index contributed by atoms with van der Waals surface area (Å²) in [6.07, 6.45) is 6.20. The smallest absolute Gasteiger partial charge is 0.239 e. The number of hydrogen-bond donors (Lipinski definition) is 3. The van der Waals surface area contributed by atoms with Gasteiger partial charge < -0.3 is 16.4 Å². The number of nitrogens with one attached hydrogen (secondary N) is 2. The van der Waals surface area contributed by atoms with Crippen LogP contribution in [0.25, 0.3) is 0 Å². The molecule has 23 heavy (non-hydrogen) atoms. The maximum Gasteiger partial charge on any atom is 0.239 e. The Balaban J connectivity index is 2.01. The number of carbonyl (C=O) groups excluding carboxylic acids is 2. The third kappa shape index (κ3) is 5.62. The van der Waals surface area contributed by atoms with Crippen molar-refractivity contribution in [2.75, 3.05) is 13.1 Å². The van der Waals surface area contributed by atoms with Crippen molar-refractivity contribution in [2.24, 2.45) is 5.73 Å². The monoisotopic (exact) mass is 381 g/mol. The summed E-state index contributed by atoms with van der Waals surface area (Å²) >= 11 is 3.45. The van der Waals surface area contributed by atoms with Gasteiger partial charge in [-0.1, -0.05) is 47.3 Å². The zero-order valence-corrected chi connectivity index (χ0v) is 14.8. The summed E-state index contributed by atoms with van der Waals surface area (Å²) in [4.78, 5) is 23.4. The van der Waals surface area contributed by atoms with E-state index in [2.05, 4.69) is 38.7 Å². The lowest BCUT2D eigenvalue weighted by atomic mass is 9.77. The van der Waals surface area contributed by atoms with Crippen molar-refractivity contribution in [1.82, 2.24) is 10.6 Å². The van der Waals surface area contributed by atoms with Gasteiger partial charge in [-0.25, -0.2) is 0 Å². The van der Waals surface area contributed by atoms with Gasteiger partial charge in [0.1, 0.15) is 0 Å². The van der Waals surface area contributed by atoms with Crippen LogP contribution < -0.4 is 16.4 Å². The first-order valence-electron chi connectivity index (χ1n) is 8.05. The zero-order chi connectivity index (χ0) is 16.7. The highest BCUT2D eigenvalue weighted by Gasteiger charge is 2.33. The van der Waals surface area contributed by atoms with Crippen LogP contribution in [-0.2, 0) is 16.0 Å². The summed E-state index contributed by atoms with van der Waals surface area (Å²) in [6.45, 7) is -0.116. The van der Waals surface area contributed by atoms with E-state index in [0.717, 1.165) is 36.6 Å². The highest BCUT2D eigenvalue weighted by atomic mass is 79.9. The highest BCUT2D eigenvalue weighted by molar-refractivity contribution is 9.10. The lowest BCUT2D eigenvalue weighted by molar-refractivity contribution is -0.126. The van der Waals surface area contributed by atoms with E-state index in [1.807, 2.05) is 12.1 Å². The van der Waals surface area contributed by atoms with Gasteiger partial charge in [0.05, 0.1) is 13.1 Å². The third-order valence-corrected chi connectivity index (χ3v) is 4.83. The molecule has 0 unspecified atom stereocenters. The molecule has 0 saturated heterocycles. The molecular weight excluding hydrogens is 358 g/mol. The molecule has 0 heterocycles. The molecule has 0 aromatic heterocycles. The molecule has 0 radical (unpaired) electrons. The average molecular weight is 382 g/mol. The molecule has 6 heteroatoms. The third-order valence-electron chi connectivity index (χ3n) is 4.30. The standard InChI is InChI=1S/C17H24BrN3O2/c18-14-6-4-13(5-7-14)10-17(8-2-1-3-9-17)21-16(23)12-20-15(22)11-19/h4-7H,1-3,8-12,19H2,(H,20,22)(H,21,23). The van der Waals surface area contributed by atoms with Gasteiger partial charge in [-0.15, -0.1) is 0 Å². The summed E-state index contributed by atoms with van der Waals surface area (Å²) in [5.41, 5.74) is 6.23. The second kappa shape index (κ2) is 8.45. The summed E-state index contributed by atoms with van der Waals surface area (Å²) in [6, 6.07) is 8.22. The molecule has 1 saturated carbocycles. The van der Waals surface area contributed by atoms with Gasteiger partial charge in [0.15, 0.2) is 0 Å². The second-order valence-corrected chi connectivity index (χ2v) is 7.09. The molecule has 126 valence electrons. The number of amides is 2. The molecule has 0 bridgehead atoms. The maximum absolute atomic E-state index is 12.2. The fourth-order valence-corrected chi connectivity index (χ4v) is 3.42. The van der Waals surface area contributed by atoms with Gasteiger partial charge in [-0.3, -0.25) is 9.59 Å². The van der Waals surface area contributed by atoms with Crippen molar-refractivity contribution in [3.8, 4) is 0 Å². The molecular formula is C17H24BrN3O2. The first-order chi connectivity index (χ1) is 11.0. The normalized spacial score (nSPS) is 16.6. The van der Waals surface area contributed by atoms with E-state index in [9.17, 15) is 9.59 Å². The van der Waals surface area contributed by atoms with Crippen LogP contribution in [0.15, 0.2) is 28.7 Å². The molecule has 0 spiro atoms. The van der Waals surface area contributed by atoms with Crippen LogP contribution in [0, 0.1) is 0 Å². The van der Waals surface area contributed by atoms with Gasteiger partial charge in [0.25, 0.3) is 0 Å². The molecule has 0 aliphatic heterocycles. The highest BCUT2D eigenvalue weighted by Crippen LogP contribution is 2.31. The number of hydrogen-bond acceptors (Lipinski definition) is 3.